The summed E-state index contributed by atoms with van der Waals surface area (Å²) in [5, 5.41) is 13.2. The zero-order chi connectivity index (χ0) is 17.6. The molecule has 1 aromatic rings. The molecule has 1 saturated heterocycles. The molecule has 2 atom stereocenters. The molecule has 1 aliphatic heterocycles. The van der Waals surface area contributed by atoms with Gasteiger partial charge in [-0.2, -0.15) is 13.2 Å². The lowest BCUT2D eigenvalue weighted by molar-refractivity contribution is -0.192. The fourth-order valence-electron chi connectivity index (χ4n) is 1.58. The summed E-state index contributed by atoms with van der Waals surface area (Å²) in [5.41, 5.74) is 0. The van der Waals surface area contributed by atoms with Crippen LogP contribution in [0.2, 0.25) is 0 Å². The minimum absolute atomic E-state index is 0.0919. The Labute approximate surface area is 142 Å². The van der Waals surface area contributed by atoms with Gasteiger partial charge in [0.05, 0.1) is 11.0 Å². The first-order chi connectivity index (χ1) is 10.6. The third kappa shape index (κ3) is 7.18. The van der Waals surface area contributed by atoms with Crippen molar-refractivity contribution in [3.8, 4) is 0 Å². The van der Waals surface area contributed by atoms with E-state index in [0.717, 1.165) is 4.60 Å². The van der Waals surface area contributed by atoms with Crippen molar-refractivity contribution in [1.82, 2.24) is 10.3 Å². The normalized spacial score (nSPS) is 20.4. The molecule has 0 saturated carbocycles. The maximum atomic E-state index is 13.0. The lowest BCUT2D eigenvalue weighted by atomic mass is 10.2. The van der Waals surface area contributed by atoms with E-state index in [9.17, 15) is 17.6 Å². The molecule has 0 aliphatic carbocycles. The SMILES string of the molecule is F[C@H]1CN[C@H](C(=S)Nc2cccc(Br)n2)C1.O=C(O)C(F)(F)F. The van der Waals surface area contributed by atoms with E-state index in [1.165, 1.54) is 0 Å². The molecule has 1 fully saturated rings. The molecule has 11 heteroatoms. The number of halogens is 5. The number of anilines is 1. The molecule has 5 nitrogen and oxygen atoms in total. The van der Waals surface area contributed by atoms with E-state index in [1.54, 1.807) is 0 Å². The molecule has 1 aromatic heterocycles. The number of nitrogens with zero attached hydrogens (tertiary/aromatic N) is 1. The average molecular weight is 418 g/mol. The Balaban J connectivity index is 0.000000322. The van der Waals surface area contributed by atoms with Crippen LogP contribution < -0.4 is 10.6 Å². The van der Waals surface area contributed by atoms with Gasteiger partial charge >= 0.3 is 12.1 Å². The number of carboxylic acid groups (broad SMARTS) is 1. The van der Waals surface area contributed by atoms with Crippen LogP contribution >= 0.6 is 28.1 Å². The van der Waals surface area contributed by atoms with Crippen LogP contribution in [0, 0.1) is 0 Å². The van der Waals surface area contributed by atoms with Gasteiger partial charge in [0.1, 0.15) is 16.6 Å². The van der Waals surface area contributed by atoms with Crippen molar-refractivity contribution in [2.45, 2.75) is 24.8 Å². The largest absolute Gasteiger partial charge is 0.490 e. The van der Waals surface area contributed by atoms with Crippen LogP contribution in [0.15, 0.2) is 22.8 Å². The van der Waals surface area contributed by atoms with E-state index < -0.39 is 18.3 Å². The Kier molecular flexibility index (Phi) is 7.29. The Morgan fingerprint density at radius 1 is 1.48 bits per heavy atom. The molecule has 3 N–H and O–H groups in total. The number of carboxylic acids is 1. The quantitative estimate of drug-likeness (QED) is 0.390. The van der Waals surface area contributed by atoms with E-state index in [4.69, 9.17) is 22.1 Å². The Morgan fingerprint density at radius 3 is 2.52 bits per heavy atom. The number of hydrogen-bond acceptors (Lipinski definition) is 4. The highest BCUT2D eigenvalue weighted by atomic mass is 79.9. The molecular formula is C12H12BrF4N3O2S. The van der Waals surface area contributed by atoms with E-state index in [0.29, 0.717) is 23.8 Å². The number of nitrogens with one attached hydrogen (secondary N) is 2. The monoisotopic (exact) mass is 417 g/mol. The molecule has 128 valence electrons. The van der Waals surface area contributed by atoms with Crippen molar-refractivity contribution < 1.29 is 27.5 Å². The van der Waals surface area contributed by atoms with Gasteiger partial charge in [-0.15, -0.1) is 0 Å². The number of pyridine rings is 1. The minimum atomic E-state index is -5.08. The lowest BCUT2D eigenvalue weighted by Gasteiger charge is -2.13. The summed E-state index contributed by atoms with van der Waals surface area (Å²) >= 11 is 8.47. The van der Waals surface area contributed by atoms with Gasteiger partial charge in [0.2, 0.25) is 0 Å². The van der Waals surface area contributed by atoms with Gasteiger partial charge in [-0.1, -0.05) is 18.3 Å². The number of rotatable bonds is 2. The second-order valence-corrected chi connectivity index (χ2v) is 5.68. The average Bonchev–Trinajstić information content (AvgIpc) is 2.85. The van der Waals surface area contributed by atoms with Crippen molar-refractivity contribution in [1.29, 1.82) is 0 Å². The van der Waals surface area contributed by atoms with Crippen molar-refractivity contribution >= 4 is 44.9 Å². The van der Waals surface area contributed by atoms with Gasteiger partial charge in [-0.25, -0.2) is 14.2 Å². The van der Waals surface area contributed by atoms with Crippen LogP contribution in [0.3, 0.4) is 0 Å². The predicted octanol–water partition coefficient (Wildman–Crippen LogP) is 2.92. The number of aliphatic carboxylic acids is 1. The van der Waals surface area contributed by atoms with E-state index in [-0.39, 0.29) is 6.04 Å². The Hall–Kier alpha value is -1.33. The van der Waals surface area contributed by atoms with E-state index in [2.05, 4.69) is 31.5 Å². The summed E-state index contributed by atoms with van der Waals surface area (Å²) < 4.78 is 45.4. The molecule has 0 bridgehead atoms. The van der Waals surface area contributed by atoms with Gasteiger partial charge in [-0.05, 0) is 28.1 Å². The van der Waals surface area contributed by atoms with Gasteiger partial charge in [-0.3, -0.25) is 0 Å². The summed E-state index contributed by atoms with van der Waals surface area (Å²) in [6, 6.07) is 5.42. The maximum Gasteiger partial charge on any atom is 0.490 e. The molecule has 23 heavy (non-hydrogen) atoms. The van der Waals surface area contributed by atoms with Crippen molar-refractivity contribution in [3.63, 3.8) is 0 Å². The topological polar surface area (TPSA) is 74.2 Å². The summed E-state index contributed by atoms with van der Waals surface area (Å²) in [6.07, 6.45) is -5.46. The van der Waals surface area contributed by atoms with Crippen LogP contribution in [0.25, 0.3) is 0 Å². The number of carbonyl (C=O) groups is 1. The third-order valence-corrected chi connectivity index (χ3v) is 3.43. The fourth-order valence-corrected chi connectivity index (χ4v) is 2.21. The van der Waals surface area contributed by atoms with Crippen LogP contribution in [-0.4, -0.2) is 46.0 Å². The first kappa shape index (κ1) is 19.7. The number of alkyl halides is 4. The van der Waals surface area contributed by atoms with E-state index >= 15 is 0 Å². The maximum absolute atomic E-state index is 13.0. The molecule has 0 radical (unpaired) electrons. The summed E-state index contributed by atoms with van der Waals surface area (Å²) in [6.45, 7) is 0.373. The second-order valence-electron chi connectivity index (χ2n) is 4.43. The lowest BCUT2D eigenvalue weighted by Crippen LogP contribution is -2.34. The van der Waals surface area contributed by atoms with Crippen molar-refractivity contribution in [3.05, 3.63) is 22.8 Å². The molecule has 0 spiro atoms. The second kappa shape index (κ2) is 8.50. The van der Waals surface area contributed by atoms with Crippen LogP contribution in [0.4, 0.5) is 23.4 Å². The van der Waals surface area contributed by atoms with Crippen LogP contribution in [-0.2, 0) is 4.79 Å². The Bertz CT molecular complexity index is 573. The molecule has 2 heterocycles. The van der Waals surface area contributed by atoms with Crippen molar-refractivity contribution in [2.75, 3.05) is 11.9 Å². The fraction of sp³-hybridized carbons (Fsp3) is 0.417. The van der Waals surface area contributed by atoms with Gasteiger partial charge < -0.3 is 15.7 Å². The molecule has 0 aromatic carbocycles. The molecule has 0 unspecified atom stereocenters. The highest BCUT2D eigenvalue weighted by Gasteiger charge is 2.38. The molecule has 0 amide bonds. The van der Waals surface area contributed by atoms with Crippen molar-refractivity contribution in [2.24, 2.45) is 0 Å². The number of hydrogen-bond donors (Lipinski definition) is 3. The molecular weight excluding hydrogens is 406 g/mol. The standard InChI is InChI=1S/C10H11BrFN3S.C2HF3O2/c11-8-2-1-3-9(14-8)15-10(16)7-4-6(12)5-13-7;3-2(4,5)1(6)7/h1-3,6-7,13H,4-5H2,(H,14,15,16);(H,6,7)/t6-,7+;/m1./s1. The number of aromatic nitrogens is 1. The first-order valence-corrected chi connectivity index (χ1v) is 7.40. The van der Waals surface area contributed by atoms with Crippen LogP contribution in [0.5, 0.6) is 0 Å². The zero-order valence-electron chi connectivity index (χ0n) is 11.4. The molecule has 2 rings (SSSR count). The Morgan fingerprint density at radius 2 is 2.09 bits per heavy atom. The van der Waals surface area contributed by atoms with Gasteiger partial charge in [0.15, 0.2) is 0 Å². The summed E-state index contributed by atoms with van der Waals surface area (Å²) in [5.74, 6) is -2.09. The van der Waals surface area contributed by atoms with Crippen LogP contribution in [0.1, 0.15) is 6.42 Å². The zero-order valence-corrected chi connectivity index (χ0v) is 13.8. The molecule has 1 aliphatic rings. The van der Waals surface area contributed by atoms with Gasteiger partial charge in [0, 0.05) is 13.0 Å². The minimum Gasteiger partial charge on any atom is -0.475 e. The summed E-state index contributed by atoms with van der Waals surface area (Å²) in [4.78, 5) is 13.7. The van der Waals surface area contributed by atoms with Gasteiger partial charge in [0.25, 0.3) is 0 Å². The summed E-state index contributed by atoms with van der Waals surface area (Å²) in [7, 11) is 0. The van der Waals surface area contributed by atoms with E-state index in [1.807, 2.05) is 18.2 Å². The highest BCUT2D eigenvalue weighted by Crippen LogP contribution is 2.15. The number of thiocarbonyl (C=S) groups is 1. The smallest absolute Gasteiger partial charge is 0.475 e. The third-order valence-electron chi connectivity index (χ3n) is 2.60. The highest BCUT2D eigenvalue weighted by molar-refractivity contribution is 9.10. The predicted molar refractivity (Wildman–Crippen MR) is 83.2 cm³/mol. The first-order valence-electron chi connectivity index (χ1n) is 6.20.